The van der Waals surface area contributed by atoms with Crippen molar-refractivity contribution in [3.05, 3.63) is 41.3 Å². The molecule has 0 amide bonds. The number of nitrogens with two attached hydrogens (primary N) is 2. The Morgan fingerprint density at radius 3 is 2.81 bits per heavy atom. The highest BCUT2D eigenvalue weighted by Gasteiger charge is 2.48. The average Bonchev–Trinajstić information content (AvgIpc) is 3.08. The number of ether oxygens (including phenoxy) is 1. The van der Waals surface area contributed by atoms with Gasteiger partial charge in [0.1, 0.15) is 16.5 Å². The molecule has 2 aliphatic heterocycles. The lowest BCUT2D eigenvalue weighted by Crippen LogP contribution is -2.51. The van der Waals surface area contributed by atoms with E-state index in [4.69, 9.17) is 32.8 Å². The molecule has 4 rings (SSSR count). The zero-order valence-corrected chi connectivity index (χ0v) is 19.0. The number of hydrogen-bond acceptors (Lipinski definition) is 9. The van der Waals surface area contributed by atoms with Crippen molar-refractivity contribution >= 4 is 35.0 Å². The molecule has 2 aromatic rings. The van der Waals surface area contributed by atoms with Crippen molar-refractivity contribution in [2.24, 2.45) is 11.1 Å². The number of rotatable bonds is 5. The van der Waals surface area contributed by atoms with E-state index in [-0.39, 0.29) is 30.0 Å². The Balaban J connectivity index is 1.54. The smallest absolute Gasteiger partial charge is 0.153 e. The Morgan fingerprint density at radius 1 is 1.42 bits per heavy atom. The topological polar surface area (TPSA) is 123 Å². The van der Waals surface area contributed by atoms with E-state index in [2.05, 4.69) is 21.4 Å². The summed E-state index contributed by atoms with van der Waals surface area (Å²) in [6.07, 6.45) is 5.10. The molecule has 0 aliphatic carbocycles. The number of aliphatic hydroxyl groups is 1. The Morgan fingerprint density at radius 2 is 2.16 bits per heavy atom. The molecular weight excluding hydrogens is 436 g/mol. The third kappa shape index (κ3) is 4.12. The van der Waals surface area contributed by atoms with Crippen molar-refractivity contribution in [3.8, 4) is 0 Å². The number of anilines is 2. The van der Waals surface area contributed by atoms with Crippen LogP contribution >= 0.6 is 23.4 Å². The number of aliphatic hydroxyl groups excluding tert-OH is 1. The third-order valence-electron chi connectivity index (χ3n) is 6.23. The van der Waals surface area contributed by atoms with Gasteiger partial charge in [-0.3, -0.25) is 0 Å². The number of nitrogen functional groups attached to an aromatic ring is 1. The van der Waals surface area contributed by atoms with E-state index in [1.807, 2.05) is 6.92 Å². The number of halogens is 1. The molecule has 2 atom stereocenters. The standard InChI is InChI=1S/C21H27ClN6O2S/c1-3-14-17(23)21(11-30-14)5-8-28(9-6-21)19-13(10-29)27-20(12(2)26-19)31-15-4-7-25-18(24)16(15)22/h3-4,7,14,17,29H,1,5-6,8-11,23H2,2H3,(H2,24,25)/t14-,17+/m0/s1. The summed E-state index contributed by atoms with van der Waals surface area (Å²) in [6.45, 7) is 7.74. The van der Waals surface area contributed by atoms with E-state index >= 15 is 0 Å². The van der Waals surface area contributed by atoms with Crippen LogP contribution in [0.2, 0.25) is 5.02 Å². The van der Waals surface area contributed by atoms with E-state index in [1.165, 1.54) is 11.8 Å². The van der Waals surface area contributed by atoms with E-state index < -0.39 is 0 Å². The molecule has 0 radical (unpaired) electrons. The van der Waals surface area contributed by atoms with Crippen LogP contribution in [-0.2, 0) is 11.3 Å². The highest BCUT2D eigenvalue weighted by Crippen LogP contribution is 2.43. The van der Waals surface area contributed by atoms with Gasteiger partial charge >= 0.3 is 0 Å². The zero-order chi connectivity index (χ0) is 22.2. The number of aromatic nitrogens is 3. The first-order valence-electron chi connectivity index (χ1n) is 10.2. The molecule has 2 fully saturated rings. The van der Waals surface area contributed by atoms with Gasteiger partial charge < -0.3 is 26.2 Å². The number of nitrogens with zero attached hydrogens (tertiary/aromatic N) is 4. The zero-order valence-electron chi connectivity index (χ0n) is 17.4. The molecule has 4 heterocycles. The molecule has 5 N–H and O–H groups in total. The molecule has 8 nitrogen and oxygen atoms in total. The van der Waals surface area contributed by atoms with Crippen LogP contribution in [0.3, 0.4) is 0 Å². The highest BCUT2D eigenvalue weighted by molar-refractivity contribution is 7.99. The molecule has 0 saturated carbocycles. The third-order valence-corrected chi connectivity index (χ3v) is 7.88. The van der Waals surface area contributed by atoms with Crippen molar-refractivity contribution < 1.29 is 9.84 Å². The minimum absolute atomic E-state index is 0.0367. The van der Waals surface area contributed by atoms with Crippen LogP contribution in [0.15, 0.2) is 34.8 Å². The largest absolute Gasteiger partial charge is 0.390 e. The summed E-state index contributed by atoms with van der Waals surface area (Å²) in [5, 5.41) is 11.1. The summed E-state index contributed by atoms with van der Waals surface area (Å²) in [5.74, 6) is 0.985. The van der Waals surface area contributed by atoms with Crippen molar-refractivity contribution in [2.45, 2.75) is 48.4 Å². The van der Waals surface area contributed by atoms with Gasteiger partial charge in [0, 0.05) is 35.6 Å². The second kappa shape index (κ2) is 8.91. The fraction of sp³-hybridized carbons (Fsp3) is 0.476. The highest BCUT2D eigenvalue weighted by atomic mass is 35.5. The molecule has 2 saturated heterocycles. The summed E-state index contributed by atoms with van der Waals surface area (Å²) in [5.41, 5.74) is 13.5. The first kappa shape index (κ1) is 22.3. The Kier molecular flexibility index (Phi) is 6.41. The molecule has 0 aromatic carbocycles. The number of hydrogen-bond donors (Lipinski definition) is 3. The molecule has 0 unspecified atom stereocenters. The van der Waals surface area contributed by atoms with E-state index in [1.54, 1.807) is 18.3 Å². The monoisotopic (exact) mass is 462 g/mol. The maximum Gasteiger partial charge on any atom is 0.153 e. The van der Waals surface area contributed by atoms with Crippen molar-refractivity contribution in [1.29, 1.82) is 0 Å². The summed E-state index contributed by atoms with van der Waals surface area (Å²) in [6, 6.07) is 1.73. The Labute approximate surface area is 191 Å². The minimum atomic E-state index is -0.203. The van der Waals surface area contributed by atoms with Gasteiger partial charge in [0.2, 0.25) is 0 Å². The lowest BCUT2D eigenvalue weighted by molar-refractivity contribution is 0.109. The van der Waals surface area contributed by atoms with Gasteiger partial charge in [0.15, 0.2) is 5.82 Å². The van der Waals surface area contributed by atoms with Gasteiger partial charge in [-0.05, 0) is 25.8 Å². The summed E-state index contributed by atoms with van der Waals surface area (Å²) < 4.78 is 5.85. The van der Waals surface area contributed by atoms with Gasteiger partial charge in [-0.15, -0.1) is 6.58 Å². The number of piperidine rings is 1. The average molecular weight is 463 g/mol. The fourth-order valence-corrected chi connectivity index (χ4v) is 5.38. The van der Waals surface area contributed by atoms with Crippen LogP contribution in [0.1, 0.15) is 24.2 Å². The normalized spacial score (nSPS) is 22.8. The van der Waals surface area contributed by atoms with Crippen LogP contribution in [-0.4, -0.2) is 51.9 Å². The maximum absolute atomic E-state index is 10.00. The molecule has 2 aromatic heterocycles. The molecule has 2 aliphatic rings. The molecule has 166 valence electrons. The van der Waals surface area contributed by atoms with Crippen molar-refractivity contribution in [3.63, 3.8) is 0 Å². The maximum atomic E-state index is 10.00. The van der Waals surface area contributed by atoms with Gasteiger partial charge in [0.05, 0.1) is 30.0 Å². The van der Waals surface area contributed by atoms with E-state index in [9.17, 15) is 5.11 Å². The van der Waals surface area contributed by atoms with Gasteiger partial charge in [0.25, 0.3) is 0 Å². The van der Waals surface area contributed by atoms with Crippen LogP contribution in [0.25, 0.3) is 0 Å². The van der Waals surface area contributed by atoms with Gasteiger partial charge in [-0.2, -0.15) is 0 Å². The summed E-state index contributed by atoms with van der Waals surface area (Å²) in [4.78, 5) is 16.4. The second-order valence-electron chi connectivity index (χ2n) is 8.04. The second-order valence-corrected chi connectivity index (χ2v) is 9.45. The first-order valence-corrected chi connectivity index (χ1v) is 11.4. The molecule has 10 heteroatoms. The SMILES string of the molecule is C=C[C@@H]1OCC2(CCN(c3nc(C)c(Sc4ccnc(N)c4Cl)nc3CO)CC2)[C@@H]1N. The number of pyridine rings is 1. The molecule has 0 bridgehead atoms. The van der Waals surface area contributed by atoms with Crippen molar-refractivity contribution in [2.75, 3.05) is 30.3 Å². The quantitative estimate of drug-likeness (QED) is 0.575. The minimum Gasteiger partial charge on any atom is -0.390 e. The number of aryl methyl sites for hydroxylation is 1. The fourth-order valence-electron chi connectivity index (χ4n) is 4.27. The van der Waals surface area contributed by atoms with Crippen LogP contribution in [0, 0.1) is 12.3 Å². The van der Waals surface area contributed by atoms with Crippen molar-refractivity contribution in [1.82, 2.24) is 15.0 Å². The molecule has 31 heavy (non-hydrogen) atoms. The van der Waals surface area contributed by atoms with Gasteiger partial charge in [-0.25, -0.2) is 15.0 Å². The van der Waals surface area contributed by atoms with Crippen LogP contribution in [0.4, 0.5) is 11.6 Å². The van der Waals surface area contributed by atoms with E-state index in [0.717, 1.165) is 36.5 Å². The first-order chi connectivity index (χ1) is 14.9. The van der Waals surface area contributed by atoms with Crippen LogP contribution < -0.4 is 16.4 Å². The van der Waals surface area contributed by atoms with Crippen LogP contribution in [0.5, 0.6) is 0 Å². The Bertz CT molecular complexity index is 983. The lowest BCUT2D eigenvalue weighted by atomic mass is 9.73. The lowest BCUT2D eigenvalue weighted by Gasteiger charge is -2.42. The summed E-state index contributed by atoms with van der Waals surface area (Å²) >= 11 is 7.63. The van der Waals surface area contributed by atoms with E-state index in [0.29, 0.717) is 28.2 Å². The predicted octanol–water partition coefficient (Wildman–Crippen LogP) is 2.56. The molecule has 1 spiro atoms. The Hall–Kier alpha value is -1.91. The molecular formula is C21H27ClN6O2S. The summed E-state index contributed by atoms with van der Waals surface area (Å²) in [7, 11) is 0. The van der Waals surface area contributed by atoms with Gasteiger partial charge in [-0.1, -0.05) is 29.4 Å². The predicted molar refractivity (Wildman–Crippen MR) is 122 cm³/mol.